The van der Waals surface area contributed by atoms with Crippen LogP contribution in [0.1, 0.15) is 21.5 Å². The Morgan fingerprint density at radius 1 is 0.818 bits per heavy atom. The number of sulfone groups is 1. The van der Waals surface area contributed by atoms with Crippen molar-refractivity contribution in [2.45, 2.75) is 22.9 Å². The molecule has 224 valence electrons. The number of Topliss-reactive ketones (excluding diaryl/α,β-unsaturated/α-hetero) is 1. The summed E-state index contributed by atoms with van der Waals surface area (Å²) >= 11 is 1.67. The minimum absolute atomic E-state index is 0.0511. The van der Waals surface area contributed by atoms with Gasteiger partial charge in [0.05, 0.1) is 9.82 Å². The lowest BCUT2D eigenvalue weighted by Gasteiger charge is -2.22. The summed E-state index contributed by atoms with van der Waals surface area (Å²) in [6.45, 7) is 1.37. The Morgan fingerprint density at radius 2 is 1.48 bits per heavy atom. The molecule has 0 aliphatic carbocycles. The van der Waals surface area contributed by atoms with Gasteiger partial charge in [0.1, 0.15) is 5.75 Å². The fourth-order valence-corrected chi connectivity index (χ4v) is 7.09. The SMILES string of the molecule is O=C(CS(=O)(=O)c1ccc(CN(CCSc2ccccc2)Cc2ccc(F)c([N+](=O)[O-])c2)cc1)c1cccc2ccccc12. The van der Waals surface area contributed by atoms with Crippen molar-refractivity contribution in [3.05, 3.63) is 148 Å². The minimum Gasteiger partial charge on any atom is -0.294 e. The number of nitro groups is 1. The monoisotopic (exact) mass is 628 g/mol. The molecule has 0 radical (unpaired) electrons. The van der Waals surface area contributed by atoms with Crippen molar-refractivity contribution in [1.82, 2.24) is 4.90 Å². The molecule has 0 saturated carbocycles. The highest BCUT2D eigenvalue weighted by atomic mass is 32.2. The number of fused-ring (bicyclic) bond motifs is 1. The van der Waals surface area contributed by atoms with E-state index in [0.29, 0.717) is 36.1 Å². The molecule has 0 amide bonds. The maximum Gasteiger partial charge on any atom is 0.305 e. The summed E-state index contributed by atoms with van der Waals surface area (Å²) in [4.78, 5) is 26.8. The van der Waals surface area contributed by atoms with Crippen molar-refractivity contribution in [3.8, 4) is 0 Å². The van der Waals surface area contributed by atoms with E-state index in [2.05, 4.69) is 4.90 Å². The van der Waals surface area contributed by atoms with Crippen LogP contribution >= 0.6 is 11.8 Å². The fraction of sp³-hybridized carbons (Fsp3) is 0.147. The second-order valence-electron chi connectivity index (χ2n) is 10.3. The van der Waals surface area contributed by atoms with Gasteiger partial charge in [0.25, 0.3) is 0 Å². The Morgan fingerprint density at radius 3 is 2.23 bits per heavy atom. The van der Waals surface area contributed by atoms with Crippen molar-refractivity contribution in [3.63, 3.8) is 0 Å². The predicted octanol–water partition coefficient (Wildman–Crippen LogP) is 7.34. The van der Waals surface area contributed by atoms with Gasteiger partial charge in [0, 0.05) is 41.9 Å². The standard InChI is InChI=1S/C34H29FN2O5S2/c35-32-18-15-26(21-33(32)37(39)40)23-36(19-20-43-28-9-2-1-3-10-28)22-25-13-16-29(17-14-25)44(41,42)24-34(38)31-12-6-8-27-7-4-5-11-30(27)31/h1-18,21H,19-20,22-24H2. The van der Waals surface area contributed by atoms with E-state index < -0.39 is 37.8 Å². The fourth-order valence-electron chi connectivity index (χ4n) is 4.94. The van der Waals surface area contributed by atoms with E-state index in [0.717, 1.165) is 27.7 Å². The third kappa shape index (κ3) is 7.76. The predicted molar refractivity (Wildman–Crippen MR) is 171 cm³/mol. The molecule has 0 N–H and O–H groups in total. The van der Waals surface area contributed by atoms with Gasteiger partial charge < -0.3 is 0 Å². The van der Waals surface area contributed by atoms with Gasteiger partial charge in [-0.1, -0.05) is 78.9 Å². The van der Waals surface area contributed by atoms with Gasteiger partial charge in [0.15, 0.2) is 15.6 Å². The van der Waals surface area contributed by atoms with Crippen LogP contribution < -0.4 is 0 Å². The van der Waals surface area contributed by atoms with Gasteiger partial charge in [-0.05, 0) is 52.2 Å². The zero-order chi connectivity index (χ0) is 31.1. The first-order chi connectivity index (χ1) is 21.2. The minimum atomic E-state index is -3.90. The third-order valence-electron chi connectivity index (χ3n) is 7.13. The van der Waals surface area contributed by atoms with Crippen molar-refractivity contribution in [2.24, 2.45) is 0 Å². The van der Waals surface area contributed by atoms with Crippen LogP contribution in [0.2, 0.25) is 0 Å². The van der Waals surface area contributed by atoms with Crippen LogP contribution in [0.15, 0.2) is 125 Å². The number of carbonyl (C=O) groups is 1. The van der Waals surface area contributed by atoms with Crippen LogP contribution in [0.5, 0.6) is 0 Å². The van der Waals surface area contributed by atoms with Crippen LogP contribution in [-0.4, -0.2) is 42.1 Å². The summed E-state index contributed by atoms with van der Waals surface area (Å²) in [6, 6.07) is 32.8. The summed E-state index contributed by atoms with van der Waals surface area (Å²) in [5, 5.41) is 12.9. The molecule has 0 aromatic heterocycles. The van der Waals surface area contributed by atoms with Gasteiger partial charge >= 0.3 is 5.69 Å². The number of benzene rings is 5. The Balaban J connectivity index is 1.30. The Hall–Kier alpha value is -4.38. The summed E-state index contributed by atoms with van der Waals surface area (Å²) in [7, 11) is -3.90. The van der Waals surface area contributed by atoms with E-state index in [1.807, 2.05) is 54.6 Å². The number of nitrogens with zero attached hydrogens (tertiary/aromatic N) is 2. The number of hydrogen-bond donors (Lipinski definition) is 0. The smallest absolute Gasteiger partial charge is 0.294 e. The van der Waals surface area contributed by atoms with Crippen molar-refractivity contribution >= 4 is 43.8 Å². The molecule has 0 spiro atoms. The van der Waals surface area contributed by atoms with Gasteiger partial charge in [-0.2, -0.15) is 4.39 Å². The van der Waals surface area contributed by atoms with Gasteiger partial charge in [-0.3, -0.25) is 19.8 Å². The Bertz CT molecular complexity index is 1890. The van der Waals surface area contributed by atoms with Crippen LogP contribution in [0.4, 0.5) is 10.1 Å². The highest BCUT2D eigenvalue weighted by Gasteiger charge is 2.22. The van der Waals surface area contributed by atoms with E-state index in [9.17, 15) is 27.7 Å². The second-order valence-corrected chi connectivity index (χ2v) is 13.4. The van der Waals surface area contributed by atoms with Crippen molar-refractivity contribution in [1.29, 1.82) is 0 Å². The lowest BCUT2D eigenvalue weighted by Crippen LogP contribution is -2.25. The topological polar surface area (TPSA) is 97.6 Å². The molecule has 0 fully saturated rings. The average molecular weight is 629 g/mol. The highest BCUT2D eigenvalue weighted by molar-refractivity contribution is 7.99. The van der Waals surface area contributed by atoms with E-state index in [-0.39, 0.29) is 4.90 Å². The number of carbonyl (C=O) groups excluding carboxylic acids is 1. The first-order valence-corrected chi connectivity index (χ1v) is 16.5. The zero-order valence-corrected chi connectivity index (χ0v) is 25.3. The molecule has 5 aromatic rings. The van der Waals surface area contributed by atoms with E-state index in [4.69, 9.17) is 0 Å². The van der Waals surface area contributed by atoms with Crippen molar-refractivity contribution < 1.29 is 22.5 Å². The molecular formula is C34H29FN2O5S2. The highest BCUT2D eigenvalue weighted by Crippen LogP contribution is 2.24. The lowest BCUT2D eigenvalue weighted by atomic mass is 10.0. The average Bonchev–Trinajstić information content (AvgIpc) is 3.02. The van der Waals surface area contributed by atoms with E-state index in [1.54, 1.807) is 42.1 Å². The van der Waals surface area contributed by atoms with Gasteiger partial charge in [-0.25, -0.2) is 8.42 Å². The number of nitro benzene ring substituents is 1. The lowest BCUT2D eigenvalue weighted by molar-refractivity contribution is -0.387. The Labute approximate surface area is 259 Å². The summed E-state index contributed by atoms with van der Waals surface area (Å²) in [5.41, 5.74) is 1.21. The van der Waals surface area contributed by atoms with E-state index >= 15 is 0 Å². The number of halogens is 1. The molecular weight excluding hydrogens is 600 g/mol. The molecule has 0 saturated heterocycles. The van der Waals surface area contributed by atoms with Crippen LogP contribution in [0, 0.1) is 15.9 Å². The molecule has 0 unspecified atom stereocenters. The van der Waals surface area contributed by atoms with Gasteiger partial charge in [-0.15, -0.1) is 11.8 Å². The maximum atomic E-state index is 13.9. The third-order valence-corrected chi connectivity index (χ3v) is 9.76. The van der Waals surface area contributed by atoms with Crippen LogP contribution in [0.3, 0.4) is 0 Å². The maximum absolute atomic E-state index is 13.9. The first-order valence-electron chi connectivity index (χ1n) is 13.9. The summed E-state index contributed by atoms with van der Waals surface area (Å²) in [5.74, 6) is -1.27. The molecule has 7 nitrogen and oxygen atoms in total. The molecule has 5 aromatic carbocycles. The normalized spacial score (nSPS) is 11.6. The van der Waals surface area contributed by atoms with Crippen molar-refractivity contribution in [2.75, 3.05) is 18.1 Å². The molecule has 0 bridgehead atoms. The molecule has 0 aliphatic heterocycles. The van der Waals surface area contributed by atoms with Crippen LogP contribution in [0.25, 0.3) is 10.8 Å². The molecule has 5 rings (SSSR count). The van der Waals surface area contributed by atoms with E-state index in [1.165, 1.54) is 24.3 Å². The molecule has 0 aliphatic rings. The number of hydrogen-bond acceptors (Lipinski definition) is 7. The number of ketones is 1. The Kier molecular flexibility index (Phi) is 9.84. The number of rotatable bonds is 13. The summed E-state index contributed by atoms with van der Waals surface area (Å²) < 4.78 is 40.3. The first kappa shape index (κ1) is 31.1. The quantitative estimate of drug-likeness (QED) is 0.0583. The number of thioether (sulfide) groups is 1. The van der Waals surface area contributed by atoms with Crippen LogP contribution in [-0.2, 0) is 22.9 Å². The molecule has 0 atom stereocenters. The molecule has 0 heterocycles. The largest absolute Gasteiger partial charge is 0.305 e. The molecule has 10 heteroatoms. The molecule has 44 heavy (non-hydrogen) atoms. The van der Waals surface area contributed by atoms with Gasteiger partial charge in [0.2, 0.25) is 5.82 Å². The zero-order valence-electron chi connectivity index (χ0n) is 23.6. The second kappa shape index (κ2) is 13.9. The summed E-state index contributed by atoms with van der Waals surface area (Å²) in [6.07, 6.45) is 0.